The van der Waals surface area contributed by atoms with Gasteiger partial charge in [0, 0.05) is 16.6 Å². The predicted molar refractivity (Wildman–Crippen MR) is 131 cm³/mol. The molecule has 2 aromatic carbocycles. The topological polar surface area (TPSA) is 74.8 Å². The number of thiophene rings is 1. The Kier molecular flexibility index (Phi) is 6.53. The highest BCUT2D eigenvalue weighted by Gasteiger charge is 2.17. The number of hydrogen-bond donors (Lipinski definition) is 2. The van der Waals surface area contributed by atoms with Gasteiger partial charge in [-0.2, -0.15) is 0 Å². The zero-order valence-electron chi connectivity index (χ0n) is 17.3. The van der Waals surface area contributed by atoms with Gasteiger partial charge in [-0.3, -0.25) is 9.59 Å². The van der Waals surface area contributed by atoms with Crippen molar-refractivity contribution in [1.29, 1.82) is 0 Å². The Labute approximate surface area is 188 Å². The molecule has 0 fully saturated rings. The van der Waals surface area contributed by atoms with Crippen molar-refractivity contribution in [2.75, 3.05) is 11.1 Å². The van der Waals surface area contributed by atoms with E-state index in [1.165, 1.54) is 28.7 Å². The molecular formula is C24H23N3O2S2. The van der Waals surface area contributed by atoms with Crippen molar-refractivity contribution >= 4 is 44.9 Å². The largest absolute Gasteiger partial charge is 0.325 e. The fourth-order valence-corrected chi connectivity index (χ4v) is 4.99. The summed E-state index contributed by atoms with van der Waals surface area (Å²) >= 11 is 2.91. The molecule has 0 saturated heterocycles. The van der Waals surface area contributed by atoms with Crippen molar-refractivity contribution in [3.8, 4) is 11.1 Å². The monoisotopic (exact) mass is 449 g/mol. The number of benzene rings is 2. The molecule has 4 aromatic rings. The molecule has 0 saturated carbocycles. The van der Waals surface area contributed by atoms with Gasteiger partial charge in [0.05, 0.1) is 16.4 Å². The van der Waals surface area contributed by atoms with Gasteiger partial charge in [-0.15, -0.1) is 23.1 Å². The number of amides is 1. The normalized spacial score (nSPS) is 12.1. The summed E-state index contributed by atoms with van der Waals surface area (Å²) in [5, 5.41) is 5.38. The van der Waals surface area contributed by atoms with Crippen molar-refractivity contribution in [3.05, 3.63) is 81.7 Å². The molecule has 7 heteroatoms. The standard InChI is InChI=1S/C24H23N3O2S2/c1-3-16-9-11-18(12-10-16)25-20(28)14-30-15(2)22-26-23(29)21-19(13-31-24(21)27-22)17-7-5-4-6-8-17/h4-13,15H,3,14H2,1-2H3,(H,25,28)(H,26,27,29)/t15-/m1/s1. The molecule has 2 N–H and O–H groups in total. The van der Waals surface area contributed by atoms with E-state index in [2.05, 4.69) is 22.2 Å². The number of hydrogen-bond acceptors (Lipinski definition) is 5. The number of fused-ring (bicyclic) bond motifs is 1. The van der Waals surface area contributed by atoms with Gasteiger partial charge >= 0.3 is 0 Å². The van der Waals surface area contributed by atoms with Crippen LogP contribution in [-0.4, -0.2) is 21.6 Å². The molecule has 0 aliphatic carbocycles. The highest BCUT2D eigenvalue weighted by Crippen LogP contribution is 2.32. The molecule has 0 spiro atoms. The highest BCUT2D eigenvalue weighted by atomic mass is 32.2. The van der Waals surface area contributed by atoms with Crippen LogP contribution in [0.4, 0.5) is 5.69 Å². The van der Waals surface area contributed by atoms with Crippen LogP contribution in [0, 0.1) is 0 Å². The third kappa shape index (κ3) is 4.89. The molecule has 158 valence electrons. The van der Waals surface area contributed by atoms with Crippen LogP contribution in [0.15, 0.2) is 64.8 Å². The number of anilines is 1. The van der Waals surface area contributed by atoms with Crippen molar-refractivity contribution in [1.82, 2.24) is 9.97 Å². The second-order valence-electron chi connectivity index (χ2n) is 7.20. The second-order valence-corrected chi connectivity index (χ2v) is 9.39. The average molecular weight is 450 g/mol. The quantitative estimate of drug-likeness (QED) is 0.382. The lowest BCUT2D eigenvalue weighted by atomic mass is 10.1. The Morgan fingerprint density at radius 1 is 1.16 bits per heavy atom. The maximum Gasteiger partial charge on any atom is 0.260 e. The number of aryl methyl sites for hydroxylation is 1. The molecule has 0 aliphatic heterocycles. The first-order valence-electron chi connectivity index (χ1n) is 10.1. The second kappa shape index (κ2) is 9.49. The summed E-state index contributed by atoms with van der Waals surface area (Å²) in [4.78, 5) is 33.4. The van der Waals surface area contributed by atoms with E-state index < -0.39 is 0 Å². The van der Waals surface area contributed by atoms with Crippen LogP contribution in [0.2, 0.25) is 0 Å². The number of carbonyl (C=O) groups is 1. The summed E-state index contributed by atoms with van der Waals surface area (Å²) in [7, 11) is 0. The first-order chi connectivity index (χ1) is 15.0. The van der Waals surface area contributed by atoms with Gasteiger partial charge in [0.25, 0.3) is 5.56 Å². The first-order valence-corrected chi connectivity index (χ1v) is 12.0. The summed E-state index contributed by atoms with van der Waals surface area (Å²) < 4.78 is 0. The number of rotatable bonds is 7. The van der Waals surface area contributed by atoms with Crippen LogP contribution in [0.5, 0.6) is 0 Å². The molecule has 4 rings (SSSR count). The Hall–Kier alpha value is -2.90. The van der Waals surface area contributed by atoms with Crippen molar-refractivity contribution in [3.63, 3.8) is 0 Å². The van der Waals surface area contributed by atoms with E-state index in [9.17, 15) is 9.59 Å². The smallest absolute Gasteiger partial charge is 0.260 e. The summed E-state index contributed by atoms with van der Waals surface area (Å²) in [6.07, 6.45) is 0.966. The Morgan fingerprint density at radius 3 is 2.61 bits per heavy atom. The Balaban J connectivity index is 1.44. The number of carbonyl (C=O) groups excluding carboxylic acids is 1. The summed E-state index contributed by atoms with van der Waals surface area (Å²) in [6, 6.07) is 17.7. The number of nitrogens with zero attached hydrogens (tertiary/aromatic N) is 1. The SMILES string of the molecule is CCc1ccc(NC(=O)CS[C@H](C)c2nc3scc(-c4ccccc4)c3c(=O)[nH]2)cc1. The van der Waals surface area contributed by atoms with Crippen LogP contribution in [0.25, 0.3) is 21.3 Å². The fraction of sp³-hybridized carbons (Fsp3) is 0.208. The third-order valence-electron chi connectivity index (χ3n) is 5.04. The number of H-pyrrole nitrogens is 1. The molecular weight excluding hydrogens is 426 g/mol. The molecule has 2 aromatic heterocycles. The van der Waals surface area contributed by atoms with Crippen LogP contribution in [0.1, 0.15) is 30.5 Å². The van der Waals surface area contributed by atoms with E-state index in [1.807, 2.05) is 66.9 Å². The molecule has 0 aliphatic rings. The van der Waals surface area contributed by atoms with Crippen LogP contribution in [-0.2, 0) is 11.2 Å². The van der Waals surface area contributed by atoms with Crippen molar-refractivity contribution < 1.29 is 4.79 Å². The number of aromatic nitrogens is 2. The maximum atomic E-state index is 12.8. The van der Waals surface area contributed by atoms with E-state index in [0.717, 1.165) is 23.2 Å². The third-order valence-corrected chi connectivity index (χ3v) is 7.07. The summed E-state index contributed by atoms with van der Waals surface area (Å²) in [6.45, 7) is 4.05. The fourth-order valence-electron chi connectivity index (χ4n) is 3.29. The highest BCUT2D eigenvalue weighted by molar-refractivity contribution is 8.00. The number of nitrogens with one attached hydrogen (secondary N) is 2. The van der Waals surface area contributed by atoms with Crippen LogP contribution in [0.3, 0.4) is 0 Å². The van der Waals surface area contributed by atoms with Crippen molar-refractivity contribution in [2.24, 2.45) is 0 Å². The zero-order valence-corrected chi connectivity index (χ0v) is 19.0. The molecule has 31 heavy (non-hydrogen) atoms. The van der Waals surface area contributed by atoms with Crippen molar-refractivity contribution in [2.45, 2.75) is 25.5 Å². The van der Waals surface area contributed by atoms with E-state index in [1.54, 1.807) is 0 Å². The molecule has 0 unspecified atom stereocenters. The van der Waals surface area contributed by atoms with Gasteiger partial charge in [0.15, 0.2) is 0 Å². The lowest BCUT2D eigenvalue weighted by Crippen LogP contribution is -2.16. The molecule has 2 heterocycles. The zero-order chi connectivity index (χ0) is 21.8. The summed E-state index contributed by atoms with van der Waals surface area (Å²) in [5.41, 5.74) is 3.77. The molecule has 1 atom stereocenters. The van der Waals surface area contributed by atoms with Gasteiger partial charge in [-0.1, -0.05) is 49.4 Å². The van der Waals surface area contributed by atoms with E-state index >= 15 is 0 Å². The molecule has 0 radical (unpaired) electrons. The average Bonchev–Trinajstić information content (AvgIpc) is 3.23. The van der Waals surface area contributed by atoms with Crippen LogP contribution >= 0.6 is 23.1 Å². The first kappa shape index (κ1) is 21.3. The number of thioether (sulfide) groups is 1. The number of aromatic amines is 1. The summed E-state index contributed by atoms with van der Waals surface area (Å²) in [5.74, 6) is 0.786. The van der Waals surface area contributed by atoms with Gasteiger partial charge in [0.1, 0.15) is 10.7 Å². The Morgan fingerprint density at radius 2 is 1.90 bits per heavy atom. The predicted octanol–water partition coefficient (Wildman–Crippen LogP) is 5.65. The minimum Gasteiger partial charge on any atom is -0.325 e. The van der Waals surface area contributed by atoms with Gasteiger partial charge in [-0.25, -0.2) is 4.98 Å². The van der Waals surface area contributed by atoms with E-state index in [0.29, 0.717) is 16.0 Å². The molecule has 1 amide bonds. The minimum absolute atomic E-state index is 0.0768. The lowest BCUT2D eigenvalue weighted by molar-refractivity contribution is -0.113. The molecule has 0 bridgehead atoms. The van der Waals surface area contributed by atoms with Gasteiger partial charge < -0.3 is 10.3 Å². The lowest BCUT2D eigenvalue weighted by Gasteiger charge is -2.11. The van der Waals surface area contributed by atoms with Crippen LogP contribution < -0.4 is 10.9 Å². The Bertz CT molecular complexity index is 1250. The van der Waals surface area contributed by atoms with E-state index in [4.69, 9.17) is 0 Å². The van der Waals surface area contributed by atoms with Gasteiger partial charge in [0.2, 0.25) is 5.91 Å². The maximum absolute atomic E-state index is 12.8. The molecule has 5 nitrogen and oxygen atoms in total. The minimum atomic E-state index is -0.145. The van der Waals surface area contributed by atoms with Gasteiger partial charge in [-0.05, 0) is 36.6 Å². The van der Waals surface area contributed by atoms with E-state index in [-0.39, 0.29) is 22.5 Å².